The van der Waals surface area contributed by atoms with E-state index in [1.54, 1.807) is 0 Å². The zero-order valence-electron chi connectivity index (χ0n) is 34.0. The van der Waals surface area contributed by atoms with Gasteiger partial charge in [0.15, 0.2) is 0 Å². The molecule has 8 aromatic carbocycles. The van der Waals surface area contributed by atoms with Crippen molar-refractivity contribution < 1.29 is 0 Å². The van der Waals surface area contributed by atoms with Gasteiger partial charge in [0, 0.05) is 37.4 Å². The quantitative estimate of drug-likeness (QED) is 0.178. The molecule has 4 nitrogen and oxygen atoms in total. The number of benzene rings is 8. The van der Waals surface area contributed by atoms with E-state index in [1.807, 2.05) is 11.8 Å². The van der Waals surface area contributed by atoms with Crippen LogP contribution in [0.2, 0.25) is 0 Å². The third kappa shape index (κ3) is 4.31. The zero-order valence-corrected chi connectivity index (χ0v) is 34.8. The van der Waals surface area contributed by atoms with E-state index in [4.69, 9.17) is 4.98 Å². The fourth-order valence-corrected chi connectivity index (χ4v) is 12.7. The van der Waals surface area contributed by atoms with Crippen molar-refractivity contribution in [3.05, 3.63) is 222 Å². The Morgan fingerprint density at radius 1 is 0.565 bits per heavy atom. The Hall–Kier alpha value is -7.34. The summed E-state index contributed by atoms with van der Waals surface area (Å²) < 4.78 is 4.95. The molecule has 0 bridgehead atoms. The van der Waals surface area contributed by atoms with Gasteiger partial charge < -0.3 is 14.0 Å². The third-order valence-corrected chi connectivity index (χ3v) is 15.2. The van der Waals surface area contributed by atoms with Crippen molar-refractivity contribution in [2.24, 2.45) is 0 Å². The summed E-state index contributed by atoms with van der Waals surface area (Å²) in [7, 11) is 0. The highest BCUT2D eigenvalue weighted by molar-refractivity contribution is 8.00. The number of aromatic nitrogens is 3. The highest BCUT2D eigenvalue weighted by atomic mass is 32.2. The molecule has 2 atom stereocenters. The Morgan fingerprint density at radius 3 is 2.16 bits per heavy atom. The lowest BCUT2D eigenvalue weighted by Crippen LogP contribution is -2.33. The van der Waals surface area contributed by atoms with E-state index >= 15 is 0 Å². The molecule has 0 saturated heterocycles. The Kier molecular flexibility index (Phi) is 6.86. The van der Waals surface area contributed by atoms with Crippen LogP contribution in [0.4, 0.5) is 17.1 Å². The minimum absolute atomic E-state index is 0.226. The van der Waals surface area contributed by atoms with E-state index in [-0.39, 0.29) is 5.54 Å². The second kappa shape index (κ2) is 12.4. The summed E-state index contributed by atoms with van der Waals surface area (Å²) in [6.07, 6.45) is 9.79. The maximum absolute atomic E-state index is 5.26. The topological polar surface area (TPSA) is 26.0 Å². The maximum Gasteiger partial charge on any atom is 0.141 e. The summed E-state index contributed by atoms with van der Waals surface area (Å²) in [5.74, 6) is 0.983. The molecule has 2 unspecified atom stereocenters. The van der Waals surface area contributed by atoms with Crippen molar-refractivity contribution in [3.8, 4) is 28.2 Å². The molecule has 0 N–H and O–H groups in total. The second-order valence-corrected chi connectivity index (χ2v) is 18.3. The number of hydrogen-bond acceptors (Lipinski definition) is 3. The van der Waals surface area contributed by atoms with Gasteiger partial charge in [-0.2, -0.15) is 0 Å². The van der Waals surface area contributed by atoms with E-state index in [2.05, 4.69) is 221 Å². The van der Waals surface area contributed by atoms with Crippen LogP contribution in [0.1, 0.15) is 35.6 Å². The monoisotopic (exact) mass is 810 g/mol. The Morgan fingerprint density at radius 2 is 1.29 bits per heavy atom. The predicted octanol–water partition coefficient (Wildman–Crippen LogP) is 14.6. The predicted molar refractivity (Wildman–Crippen MR) is 256 cm³/mol. The summed E-state index contributed by atoms with van der Waals surface area (Å²) >= 11 is 1.91. The summed E-state index contributed by atoms with van der Waals surface area (Å²) in [4.78, 5) is 10.3. The first-order valence-corrected chi connectivity index (χ1v) is 22.3. The van der Waals surface area contributed by atoms with Gasteiger partial charge >= 0.3 is 0 Å². The van der Waals surface area contributed by atoms with Crippen LogP contribution in [0.15, 0.2) is 210 Å². The number of allylic oxidation sites excluding steroid dienone is 4. The number of para-hydroxylation sites is 6. The van der Waals surface area contributed by atoms with Crippen LogP contribution >= 0.6 is 11.8 Å². The van der Waals surface area contributed by atoms with Crippen molar-refractivity contribution >= 4 is 61.7 Å². The molecule has 62 heavy (non-hydrogen) atoms. The highest BCUT2D eigenvalue weighted by Crippen LogP contribution is 2.65. The van der Waals surface area contributed by atoms with E-state index in [9.17, 15) is 0 Å². The largest absolute Gasteiger partial charge is 0.314 e. The number of anilines is 3. The molecule has 0 fully saturated rings. The molecule has 0 saturated carbocycles. The molecule has 0 amide bonds. The molecule has 10 aromatic rings. The molecular formula is C57H38N4S. The lowest BCUT2D eigenvalue weighted by atomic mass is 9.65. The van der Waals surface area contributed by atoms with Gasteiger partial charge in [-0.15, -0.1) is 0 Å². The highest BCUT2D eigenvalue weighted by Gasteiger charge is 2.52. The minimum Gasteiger partial charge on any atom is -0.314 e. The molecular weight excluding hydrogens is 773 g/mol. The summed E-state index contributed by atoms with van der Waals surface area (Å²) in [5, 5.41) is 2.59. The first-order valence-electron chi connectivity index (χ1n) is 21.5. The summed E-state index contributed by atoms with van der Waals surface area (Å²) in [5.41, 5.74) is 17.8. The minimum atomic E-state index is -0.503. The van der Waals surface area contributed by atoms with Crippen LogP contribution in [0.5, 0.6) is 0 Å². The van der Waals surface area contributed by atoms with Gasteiger partial charge in [0.2, 0.25) is 0 Å². The Labute approximate surface area is 363 Å². The molecule has 1 spiro atoms. The molecule has 4 heterocycles. The molecule has 2 aliphatic heterocycles. The van der Waals surface area contributed by atoms with E-state index < -0.39 is 5.41 Å². The fourth-order valence-electron chi connectivity index (χ4n) is 11.5. The first kappa shape index (κ1) is 34.4. The van der Waals surface area contributed by atoms with Crippen LogP contribution in [-0.2, 0) is 11.0 Å². The average molecular weight is 811 g/mol. The van der Waals surface area contributed by atoms with Gasteiger partial charge in [-0.3, -0.25) is 0 Å². The van der Waals surface area contributed by atoms with Gasteiger partial charge in [0.05, 0.1) is 50.1 Å². The van der Waals surface area contributed by atoms with Gasteiger partial charge in [-0.1, -0.05) is 145 Å². The lowest BCUT2D eigenvalue weighted by Gasteiger charge is -2.40. The Balaban J connectivity index is 0.989. The normalized spacial score (nSPS) is 18.9. The average Bonchev–Trinajstić information content (AvgIpc) is 3.99. The first-order chi connectivity index (χ1) is 30.6. The second-order valence-electron chi connectivity index (χ2n) is 17.3. The van der Waals surface area contributed by atoms with Gasteiger partial charge in [0.1, 0.15) is 5.82 Å². The summed E-state index contributed by atoms with van der Waals surface area (Å²) in [6, 6.07) is 65.6. The molecule has 14 rings (SSSR count). The number of rotatable bonds is 3. The molecule has 292 valence electrons. The molecule has 2 aliphatic carbocycles. The van der Waals surface area contributed by atoms with Crippen LogP contribution in [-0.4, -0.2) is 14.1 Å². The molecule has 5 heteroatoms. The van der Waals surface area contributed by atoms with Crippen LogP contribution in [0.25, 0.3) is 61.0 Å². The van der Waals surface area contributed by atoms with Crippen molar-refractivity contribution in [3.63, 3.8) is 0 Å². The maximum atomic E-state index is 5.26. The SMILES string of the molecule is CC1(n2c(-c3ccc(N4c5ccccc5Sc5c4ccc4c5-c5ccccc5C45c4ccccc4-n4c6ccccc6c6cccc5c64)cc3)nc3ccccc32)C=CC=CC1. The standard InChI is InChI=1S/C57H38N4S/c1-56(34-13-2-14-35-56)61-48-25-10-7-22-45(48)58-55(61)36-28-30-37(31-29-36)59-49-26-11-12-27-51(49)62-54-50(59)33-32-43-52(54)40-17-3-5-19-41(40)57(43)42-20-6-9-24-47(42)60-46-23-8-4-16-38(46)39-18-15-21-44(57)53(39)60/h2-34H,35H2,1H3. The van der Waals surface area contributed by atoms with Gasteiger partial charge in [0.25, 0.3) is 0 Å². The van der Waals surface area contributed by atoms with Gasteiger partial charge in [-0.05, 0) is 108 Å². The number of hydrogen-bond donors (Lipinski definition) is 0. The Bertz CT molecular complexity index is 3620. The smallest absolute Gasteiger partial charge is 0.141 e. The molecule has 2 aromatic heterocycles. The molecule has 0 radical (unpaired) electrons. The number of fused-ring (bicyclic) bond motifs is 16. The van der Waals surface area contributed by atoms with Crippen LogP contribution in [0, 0.1) is 0 Å². The lowest BCUT2D eigenvalue weighted by molar-refractivity contribution is 0.427. The summed E-state index contributed by atoms with van der Waals surface area (Å²) in [6.45, 7) is 2.31. The zero-order chi connectivity index (χ0) is 40.7. The van der Waals surface area contributed by atoms with Crippen molar-refractivity contribution in [1.82, 2.24) is 14.1 Å². The number of nitrogens with zero attached hydrogens (tertiary/aromatic N) is 4. The van der Waals surface area contributed by atoms with Gasteiger partial charge in [-0.25, -0.2) is 4.98 Å². The van der Waals surface area contributed by atoms with E-state index in [1.165, 1.54) is 82.0 Å². The molecule has 4 aliphatic rings. The van der Waals surface area contributed by atoms with Crippen molar-refractivity contribution in [2.45, 2.75) is 34.1 Å². The van der Waals surface area contributed by atoms with Crippen LogP contribution in [0.3, 0.4) is 0 Å². The van der Waals surface area contributed by atoms with E-state index in [0.717, 1.165) is 34.5 Å². The third-order valence-electron chi connectivity index (χ3n) is 14.0. The van der Waals surface area contributed by atoms with Crippen LogP contribution < -0.4 is 4.90 Å². The van der Waals surface area contributed by atoms with Crippen molar-refractivity contribution in [2.75, 3.05) is 4.90 Å². The van der Waals surface area contributed by atoms with E-state index in [0.29, 0.717) is 0 Å². The van der Waals surface area contributed by atoms with Crippen molar-refractivity contribution in [1.29, 1.82) is 0 Å². The fraction of sp³-hybridized carbons (Fsp3) is 0.0702. The number of imidazole rings is 1.